The van der Waals surface area contributed by atoms with Gasteiger partial charge in [0.25, 0.3) is 0 Å². The molecule has 0 saturated carbocycles. The lowest BCUT2D eigenvalue weighted by molar-refractivity contribution is 0.0869. The van der Waals surface area contributed by atoms with E-state index in [9.17, 15) is 0 Å². The second kappa shape index (κ2) is 4.53. The number of nitrogens with zero attached hydrogens (tertiary/aromatic N) is 2. The van der Waals surface area contributed by atoms with Crippen molar-refractivity contribution in [3.05, 3.63) is 65.7 Å². The summed E-state index contributed by atoms with van der Waals surface area (Å²) < 4.78 is 0. The SMILES string of the molecule is Cc1ccc(N2C=NOC2c2ccccc2)cc1. The highest BCUT2D eigenvalue weighted by molar-refractivity contribution is 5.80. The summed E-state index contributed by atoms with van der Waals surface area (Å²) in [5.74, 6) is 0. The van der Waals surface area contributed by atoms with E-state index in [0.29, 0.717) is 0 Å². The van der Waals surface area contributed by atoms with Gasteiger partial charge in [-0.25, -0.2) is 0 Å². The summed E-state index contributed by atoms with van der Waals surface area (Å²) in [7, 11) is 0. The third-order valence-corrected chi connectivity index (χ3v) is 3.00. The van der Waals surface area contributed by atoms with Gasteiger partial charge in [-0.2, -0.15) is 0 Å². The zero-order valence-electron chi connectivity index (χ0n) is 10.2. The van der Waals surface area contributed by atoms with Crippen LogP contribution in [-0.2, 0) is 4.84 Å². The molecule has 0 saturated heterocycles. The molecule has 1 aliphatic heterocycles. The molecule has 0 radical (unpaired) electrons. The number of oxime groups is 1. The molecule has 2 aromatic carbocycles. The Balaban J connectivity index is 1.91. The Kier molecular flexibility index (Phi) is 2.73. The van der Waals surface area contributed by atoms with Gasteiger partial charge < -0.3 is 4.84 Å². The van der Waals surface area contributed by atoms with E-state index in [1.807, 2.05) is 35.2 Å². The average Bonchev–Trinajstić information content (AvgIpc) is 2.90. The van der Waals surface area contributed by atoms with Gasteiger partial charge in [-0.1, -0.05) is 53.2 Å². The Bertz CT molecular complexity index is 548. The van der Waals surface area contributed by atoms with E-state index in [2.05, 4.69) is 36.3 Å². The highest BCUT2D eigenvalue weighted by Crippen LogP contribution is 2.30. The molecule has 1 atom stereocenters. The minimum Gasteiger partial charge on any atom is -0.364 e. The smallest absolute Gasteiger partial charge is 0.231 e. The van der Waals surface area contributed by atoms with Crippen LogP contribution < -0.4 is 4.90 Å². The van der Waals surface area contributed by atoms with Crippen LogP contribution in [0, 0.1) is 6.92 Å². The molecule has 0 N–H and O–H groups in total. The van der Waals surface area contributed by atoms with Gasteiger partial charge in [0.05, 0.1) is 0 Å². The van der Waals surface area contributed by atoms with Crippen LogP contribution in [0.25, 0.3) is 0 Å². The van der Waals surface area contributed by atoms with E-state index >= 15 is 0 Å². The largest absolute Gasteiger partial charge is 0.364 e. The van der Waals surface area contributed by atoms with Crippen LogP contribution in [0.2, 0.25) is 0 Å². The summed E-state index contributed by atoms with van der Waals surface area (Å²) in [4.78, 5) is 7.45. The van der Waals surface area contributed by atoms with E-state index in [1.54, 1.807) is 6.34 Å². The predicted molar refractivity (Wildman–Crippen MR) is 72.4 cm³/mol. The Morgan fingerprint density at radius 2 is 1.72 bits per heavy atom. The van der Waals surface area contributed by atoms with Crippen molar-refractivity contribution in [2.24, 2.45) is 5.16 Å². The molecule has 1 unspecified atom stereocenters. The highest BCUT2D eigenvalue weighted by atomic mass is 16.7. The fourth-order valence-corrected chi connectivity index (χ4v) is 2.01. The minimum atomic E-state index is -0.172. The first kappa shape index (κ1) is 10.8. The van der Waals surface area contributed by atoms with Crippen LogP contribution in [0.5, 0.6) is 0 Å². The number of anilines is 1. The Morgan fingerprint density at radius 1 is 1.00 bits per heavy atom. The van der Waals surface area contributed by atoms with E-state index < -0.39 is 0 Å². The summed E-state index contributed by atoms with van der Waals surface area (Å²) in [5.41, 5.74) is 3.42. The summed E-state index contributed by atoms with van der Waals surface area (Å²) >= 11 is 0. The molecule has 90 valence electrons. The van der Waals surface area contributed by atoms with E-state index in [0.717, 1.165) is 11.3 Å². The maximum atomic E-state index is 5.43. The molecule has 1 heterocycles. The van der Waals surface area contributed by atoms with Gasteiger partial charge in [-0.05, 0) is 19.1 Å². The van der Waals surface area contributed by atoms with Crippen LogP contribution in [0.3, 0.4) is 0 Å². The van der Waals surface area contributed by atoms with Gasteiger partial charge in [0.1, 0.15) is 6.34 Å². The van der Waals surface area contributed by atoms with Crippen LogP contribution >= 0.6 is 0 Å². The molecule has 3 nitrogen and oxygen atoms in total. The first-order valence-corrected chi connectivity index (χ1v) is 5.94. The molecule has 1 aliphatic rings. The maximum absolute atomic E-state index is 5.43. The second-order valence-corrected chi connectivity index (χ2v) is 4.33. The first-order valence-electron chi connectivity index (χ1n) is 5.94. The number of aryl methyl sites for hydroxylation is 1. The maximum Gasteiger partial charge on any atom is 0.231 e. The van der Waals surface area contributed by atoms with Crippen LogP contribution in [0.1, 0.15) is 17.4 Å². The normalized spacial score (nSPS) is 17.8. The third kappa shape index (κ3) is 1.95. The van der Waals surface area contributed by atoms with E-state index in [4.69, 9.17) is 4.84 Å². The van der Waals surface area contributed by atoms with Gasteiger partial charge in [-0.3, -0.25) is 4.90 Å². The quantitative estimate of drug-likeness (QED) is 0.800. The lowest BCUT2D eigenvalue weighted by Crippen LogP contribution is -2.23. The van der Waals surface area contributed by atoms with Gasteiger partial charge in [-0.15, -0.1) is 0 Å². The lowest BCUT2D eigenvalue weighted by atomic mass is 10.1. The highest BCUT2D eigenvalue weighted by Gasteiger charge is 2.25. The Morgan fingerprint density at radius 3 is 2.44 bits per heavy atom. The number of benzene rings is 2. The molecule has 3 rings (SSSR count). The fourth-order valence-electron chi connectivity index (χ4n) is 2.01. The summed E-state index contributed by atoms with van der Waals surface area (Å²) in [6.07, 6.45) is 1.55. The summed E-state index contributed by atoms with van der Waals surface area (Å²) in [6.45, 7) is 2.08. The van der Waals surface area contributed by atoms with Gasteiger partial charge in [0, 0.05) is 11.3 Å². The zero-order valence-corrected chi connectivity index (χ0v) is 10.2. The summed E-state index contributed by atoms with van der Waals surface area (Å²) in [6, 6.07) is 18.4. The lowest BCUT2D eigenvalue weighted by Gasteiger charge is -2.22. The van der Waals surface area contributed by atoms with Crippen molar-refractivity contribution in [1.29, 1.82) is 0 Å². The molecular weight excluding hydrogens is 224 g/mol. The van der Waals surface area contributed by atoms with Crippen molar-refractivity contribution in [1.82, 2.24) is 0 Å². The first-order chi connectivity index (χ1) is 8.84. The monoisotopic (exact) mass is 238 g/mol. The van der Waals surface area contributed by atoms with Crippen molar-refractivity contribution in [3.8, 4) is 0 Å². The molecule has 0 spiro atoms. The van der Waals surface area contributed by atoms with Crippen LogP contribution in [-0.4, -0.2) is 6.34 Å². The minimum absolute atomic E-state index is 0.172. The van der Waals surface area contributed by atoms with Crippen molar-refractivity contribution < 1.29 is 4.84 Å². The Hall–Kier alpha value is -2.29. The molecular formula is C15H14N2O. The average molecular weight is 238 g/mol. The van der Waals surface area contributed by atoms with Crippen molar-refractivity contribution >= 4 is 12.0 Å². The van der Waals surface area contributed by atoms with E-state index in [-0.39, 0.29) is 6.23 Å². The van der Waals surface area contributed by atoms with Crippen LogP contribution in [0.4, 0.5) is 5.69 Å². The van der Waals surface area contributed by atoms with Crippen molar-refractivity contribution in [2.45, 2.75) is 13.2 Å². The van der Waals surface area contributed by atoms with Gasteiger partial charge in [0.2, 0.25) is 6.23 Å². The number of hydrogen-bond donors (Lipinski definition) is 0. The fraction of sp³-hybridized carbons (Fsp3) is 0.133. The molecule has 2 aromatic rings. The zero-order chi connectivity index (χ0) is 12.4. The van der Waals surface area contributed by atoms with Gasteiger partial charge >= 0.3 is 0 Å². The second-order valence-electron chi connectivity index (χ2n) is 4.33. The van der Waals surface area contributed by atoms with E-state index in [1.165, 1.54) is 5.56 Å². The molecule has 0 fully saturated rings. The Labute approximate surface area is 106 Å². The molecule has 0 aromatic heterocycles. The standard InChI is InChI=1S/C15H14N2O/c1-12-7-9-14(10-8-12)17-11-16-18-15(17)13-5-3-2-4-6-13/h2-11,15H,1H3. The molecule has 0 aliphatic carbocycles. The number of rotatable bonds is 2. The van der Waals surface area contributed by atoms with Crippen molar-refractivity contribution in [2.75, 3.05) is 4.90 Å². The number of hydrogen-bond acceptors (Lipinski definition) is 3. The van der Waals surface area contributed by atoms with Crippen LogP contribution in [0.15, 0.2) is 59.8 Å². The molecule has 0 bridgehead atoms. The van der Waals surface area contributed by atoms with Gasteiger partial charge in [0.15, 0.2) is 0 Å². The molecule has 3 heteroatoms. The third-order valence-electron chi connectivity index (χ3n) is 3.00. The van der Waals surface area contributed by atoms with Crippen molar-refractivity contribution in [3.63, 3.8) is 0 Å². The summed E-state index contributed by atoms with van der Waals surface area (Å²) in [5, 5.41) is 3.92. The molecule has 18 heavy (non-hydrogen) atoms. The topological polar surface area (TPSA) is 24.8 Å². The predicted octanol–water partition coefficient (Wildman–Crippen LogP) is 3.47. The molecule has 0 amide bonds.